The second-order valence-electron chi connectivity index (χ2n) is 33.4. The van der Waals surface area contributed by atoms with Gasteiger partial charge in [-0.25, -0.2) is 0 Å². The third kappa shape index (κ3) is 16.9. The molecule has 0 heterocycles. The molecule has 0 aromatic heterocycles. The molecule has 4 aromatic rings. The van der Waals surface area contributed by atoms with Crippen molar-refractivity contribution in [2.75, 3.05) is 0 Å². The molecule has 4 aromatic carbocycles. The molecule has 94 heavy (non-hydrogen) atoms. The van der Waals surface area contributed by atoms with Gasteiger partial charge < -0.3 is 0 Å². The zero-order valence-corrected chi connectivity index (χ0v) is 65.3. The lowest BCUT2D eigenvalue weighted by Gasteiger charge is -2.48. The van der Waals surface area contributed by atoms with E-state index in [4.69, 9.17) is 46.4 Å². The summed E-state index contributed by atoms with van der Waals surface area (Å²) in [6, 6.07) is 44.3. The molecule has 0 nitrogen and oxygen atoms in total. The number of hydrogen-bond donors (Lipinski definition) is 0. The minimum Gasteiger partial charge on any atom is -0.103 e. The van der Waals surface area contributed by atoms with Crippen molar-refractivity contribution in [2.24, 2.45) is 71.0 Å². The third-order valence-electron chi connectivity index (χ3n) is 23.7. The summed E-state index contributed by atoms with van der Waals surface area (Å²) in [6.45, 7) is 45.3. The van der Waals surface area contributed by atoms with E-state index in [2.05, 4.69) is 290 Å². The summed E-state index contributed by atoms with van der Waals surface area (Å²) in [6.07, 6.45) is 41.9. The van der Waals surface area contributed by atoms with Crippen molar-refractivity contribution in [3.8, 4) is 0 Å². The van der Waals surface area contributed by atoms with Crippen LogP contribution < -0.4 is 0 Å². The first kappa shape index (κ1) is 74.1. The number of allylic oxidation sites excluding steroid dienone is 18. The second kappa shape index (κ2) is 30.6. The van der Waals surface area contributed by atoms with Crippen LogP contribution in [-0.2, 0) is 10.8 Å². The van der Waals surface area contributed by atoms with Gasteiger partial charge in [-0.05, 0) is 226 Å². The summed E-state index contributed by atoms with van der Waals surface area (Å²) in [5, 5.41) is 0. The molecule has 4 saturated carbocycles. The third-order valence-corrected chi connectivity index (χ3v) is 36.3. The van der Waals surface area contributed by atoms with Crippen LogP contribution in [0.3, 0.4) is 0 Å². The van der Waals surface area contributed by atoms with E-state index in [0.717, 1.165) is 52.3 Å². The van der Waals surface area contributed by atoms with Crippen molar-refractivity contribution >= 4 is 84.8 Å². The molecular formula is C88H116Cl4Si2. The monoisotopic (exact) mass is 1370 g/mol. The summed E-state index contributed by atoms with van der Waals surface area (Å²) < 4.78 is -1.11. The highest BCUT2D eigenvalue weighted by Crippen LogP contribution is 2.68. The average molecular weight is 1370 g/mol. The molecule has 16 unspecified atom stereocenters. The lowest BCUT2D eigenvalue weighted by atomic mass is 9.80. The van der Waals surface area contributed by atoms with Crippen molar-refractivity contribution in [2.45, 2.75) is 202 Å². The van der Waals surface area contributed by atoms with Gasteiger partial charge in [0.25, 0.3) is 0 Å². The number of hydrogen-bond acceptors (Lipinski definition) is 0. The molecule has 12 rings (SSSR count). The minimum absolute atomic E-state index is 0.182. The zero-order chi connectivity index (χ0) is 68.3. The van der Waals surface area contributed by atoms with Crippen molar-refractivity contribution < 1.29 is 0 Å². The Bertz CT molecular complexity index is 3230. The largest absolute Gasteiger partial charge is 0.112 e. The Morgan fingerprint density at radius 3 is 0.809 bits per heavy atom. The molecule has 8 aliphatic carbocycles. The summed E-state index contributed by atoms with van der Waals surface area (Å²) in [4.78, 5) is 0. The number of benzene rings is 4. The van der Waals surface area contributed by atoms with Crippen LogP contribution in [0.1, 0.15) is 169 Å². The van der Waals surface area contributed by atoms with Crippen LogP contribution >= 0.6 is 46.4 Å². The van der Waals surface area contributed by atoms with Crippen LogP contribution in [0.4, 0.5) is 0 Å². The summed E-state index contributed by atoms with van der Waals surface area (Å²) in [7, 11) is -3.54. The van der Waals surface area contributed by atoms with Gasteiger partial charge in [0.2, 0.25) is 0 Å². The van der Waals surface area contributed by atoms with Crippen LogP contribution in [-0.4, -0.2) is 24.8 Å². The molecule has 6 heteroatoms. The van der Waals surface area contributed by atoms with Crippen LogP contribution in [0.15, 0.2) is 207 Å². The Kier molecular flexibility index (Phi) is 24.1. The predicted molar refractivity (Wildman–Crippen MR) is 424 cm³/mol. The first-order valence-corrected chi connectivity index (χ1v) is 43.3. The van der Waals surface area contributed by atoms with Crippen molar-refractivity contribution in [3.63, 3.8) is 0 Å². The molecule has 0 amide bonds. The fourth-order valence-corrected chi connectivity index (χ4v) is 35.0. The van der Waals surface area contributed by atoms with Gasteiger partial charge in [0, 0.05) is 0 Å². The van der Waals surface area contributed by atoms with Crippen LogP contribution in [0.2, 0.25) is 47.3 Å². The van der Waals surface area contributed by atoms with E-state index in [1.165, 1.54) is 77.6 Å². The molecule has 4 fully saturated rings. The second-order valence-corrected chi connectivity index (χ2v) is 47.3. The number of rotatable bonds is 14. The maximum absolute atomic E-state index is 5.30. The first-order chi connectivity index (χ1) is 44.3. The van der Waals surface area contributed by atoms with Gasteiger partial charge in [-0.3, -0.25) is 0 Å². The smallest absolute Gasteiger partial charge is 0.103 e. The zero-order valence-electron chi connectivity index (χ0n) is 60.3. The van der Waals surface area contributed by atoms with E-state index in [1.54, 1.807) is 50.0 Å². The average Bonchev–Trinajstić information content (AvgIpc) is 1.66. The van der Waals surface area contributed by atoms with E-state index >= 15 is 0 Å². The number of halogens is 4. The SMILES string of the molecule is C=CCC[Si](C)(C1C(C)CC2C(c3ccc(C(C)(C)C)cc3)=CC=CC21)C1C(C)CC2C(c3ccc(C(C)(C)C)cc3)=CC=CC21.C=CCC[Si](C)(C1C(C)CC2C(c3ccccc3)=CC=CC21)C1C(C)CC2C(c3ccccc3)=CC=CC21.CC(C)(Cl)Cl.CC(C)(Cl)Cl. The Hall–Kier alpha value is -4.13. The Labute approximate surface area is 594 Å². The van der Waals surface area contributed by atoms with E-state index < -0.39 is 24.8 Å². The van der Waals surface area contributed by atoms with Gasteiger partial charge in [0.15, 0.2) is 0 Å². The first-order valence-electron chi connectivity index (χ1n) is 36.1. The molecule has 0 N–H and O–H groups in total. The van der Waals surface area contributed by atoms with Gasteiger partial charge >= 0.3 is 0 Å². The fraction of sp³-hybridized carbons (Fsp3) is 0.500. The van der Waals surface area contributed by atoms with E-state index in [9.17, 15) is 0 Å². The van der Waals surface area contributed by atoms with Gasteiger partial charge in [-0.1, -0.05) is 289 Å². The lowest BCUT2D eigenvalue weighted by Crippen LogP contribution is -2.48. The highest BCUT2D eigenvalue weighted by atomic mass is 35.5. The van der Waals surface area contributed by atoms with Crippen molar-refractivity contribution in [3.05, 3.63) is 241 Å². The normalized spacial score (nSPS) is 31.1. The highest BCUT2D eigenvalue weighted by molar-refractivity contribution is 6.82. The summed E-state index contributed by atoms with van der Waals surface area (Å²) in [5.74, 6) is 8.26. The Balaban J connectivity index is 0.000000196. The summed E-state index contributed by atoms with van der Waals surface area (Å²) >= 11 is 21.2. The predicted octanol–water partition coefficient (Wildman–Crippen LogP) is 27.5. The molecule has 0 aliphatic heterocycles. The van der Waals surface area contributed by atoms with Gasteiger partial charge in [-0.2, -0.15) is 0 Å². The fourth-order valence-electron chi connectivity index (χ4n) is 20.5. The molecule has 0 spiro atoms. The quantitative estimate of drug-likeness (QED) is 0.0671. The maximum atomic E-state index is 5.30. The lowest BCUT2D eigenvalue weighted by molar-refractivity contribution is 0.489. The van der Waals surface area contributed by atoms with Gasteiger partial charge in [0.1, 0.15) is 8.67 Å². The van der Waals surface area contributed by atoms with Crippen LogP contribution in [0, 0.1) is 71.0 Å². The number of fused-ring (bicyclic) bond motifs is 4. The van der Waals surface area contributed by atoms with Crippen LogP contribution in [0.25, 0.3) is 22.3 Å². The molecule has 0 bridgehead atoms. The molecular weight excluding hydrogens is 1250 g/mol. The minimum atomic E-state index is -1.80. The Morgan fingerprint density at radius 2 is 0.596 bits per heavy atom. The van der Waals surface area contributed by atoms with Gasteiger partial charge in [-0.15, -0.1) is 59.6 Å². The standard InChI is InChI=1S/C45H60Si.C37H44Si.2C3H6Cl2/c1-11-12-27-46(10,42-30(2)28-40-36(15-13-17-38(40)42)32-19-23-34(24-20-32)44(4,5)6)43-31(3)29-41-37(16-14-18-39(41)43)33-21-25-35(26-22-33)45(7,8)9;1-5-6-23-38(4,36-26(2)24-34-30(19-13-21-32(34)36)28-15-9-7-10-16-28)37-27(3)25-35-31(20-14-22-33(35)37)29-17-11-8-12-18-29;2*1-3(2,4)5/h11,13-26,30-31,38-43H,1,12,27-29H2,2-10H3;5,7-22,26-27,32-37H,1,6,23-25H2,2-4H3;2*1-2H3. The Morgan fingerprint density at radius 1 is 0.372 bits per heavy atom. The van der Waals surface area contributed by atoms with Crippen molar-refractivity contribution in [1.29, 1.82) is 0 Å². The molecule has 504 valence electrons. The van der Waals surface area contributed by atoms with E-state index in [0.29, 0.717) is 47.3 Å². The molecule has 0 saturated heterocycles. The molecule has 8 aliphatic rings. The highest BCUT2D eigenvalue weighted by Gasteiger charge is 2.61. The number of alkyl halides is 4. The van der Waals surface area contributed by atoms with Crippen LogP contribution in [0.5, 0.6) is 0 Å². The van der Waals surface area contributed by atoms with Crippen molar-refractivity contribution in [1.82, 2.24) is 0 Å². The topological polar surface area (TPSA) is 0 Å². The van der Waals surface area contributed by atoms with Gasteiger partial charge in [0.05, 0.1) is 16.1 Å². The van der Waals surface area contributed by atoms with E-state index in [-0.39, 0.29) is 10.8 Å². The molecule has 16 atom stereocenters. The maximum Gasteiger partial charge on any atom is 0.112 e. The molecule has 0 radical (unpaired) electrons. The van der Waals surface area contributed by atoms with E-state index in [1.807, 2.05) is 0 Å². The summed E-state index contributed by atoms with van der Waals surface area (Å²) in [5.41, 5.74) is 18.5.